The van der Waals surface area contributed by atoms with Crippen molar-refractivity contribution in [2.75, 3.05) is 39.4 Å². The van der Waals surface area contributed by atoms with Gasteiger partial charge in [-0.05, 0) is 51.4 Å². The highest BCUT2D eigenvalue weighted by Gasteiger charge is 2.35. The summed E-state index contributed by atoms with van der Waals surface area (Å²) in [5.74, 6) is 2.98. The second-order valence-corrected chi connectivity index (χ2v) is 6.35. The van der Waals surface area contributed by atoms with Crippen molar-refractivity contribution in [3.8, 4) is 0 Å². The molecule has 2 aliphatic rings. The Bertz CT molecular complexity index is 305. The van der Waals surface area contributed by atoms with Crippen LogP contribution in [0.1, 0.15) is 52.4 Å². The Balaban J connectivity index is 1.78. The van der Waals surface area contributed by atoms with Gasteiger partial charge in [-0.1, -0.05) is 12.8 Å². The zero-order valence-corrected chi connectivity index (χ0v) is 13.9. The Hall–Kier alpha value is -0.770. The second kappa shape index (κ2) is 9.29. The van der Waals surface area contributed by atoms with E-state index in [1.165, 1.54) is 38.8 Å². The lowest BCUT2D eigenvalue weighted by Crippen LogP contribution is -2.40. The Morgan fingerprint density at radius 2 is 1.86 bits per heavy atom. The summed E-state index contributed by atoms with van der Waals surface area (Å²) in [4.78, 5) is 7.33. The Morgan fingerprint density at radius 3 is 2.48 bits per heavy atom. The molecule has 4 heteroatoms. The first-order valence-corrected chi connectivity index (χ1v) is 8.96. The molecule has 1 saturated carbocycles. The number of guanidine groups is 1. The van der Waals surface area contributed by atoms with Gasteiger partial charge >= 0.3 is 0 Å². The summed E-state index contributed by atoms with van der Waals surface area (Å²) in [7, 11) is 0. The molecule has 2 rings (SSSR count). The molecule has 0 bridgehead atoms. The summed E-state index contributed by atoms with van der Waals surface area (Å²) in [5, 5.41) is 3.48. The maximum absolute atomic E-state index is 5.38. The van der Waals surface area contributed by atoms with Crippen molar-refractivity contribution in [1.82, 2.24) is 10.2 Å². The van der Waals surface area contributed by atoms with Crippen LogP contribution >= 0.6 is 0 Å². The van der Waals surface area contributed by atoms with E-state index in [4.69, 9.17) is 9.73 Å². The fourth-order valence-electron chi connectivity index (χ4n) is 3.65. The van der Waals surface area contributed by atoms with Crippen LogP contribution in [0.15, 0.2) is 4.99 Å². The average Bonchev–Trinajstić information content (AvgIpc) is 2.93. The molecule has 1 saturated heterocycles. The van der Waals surface area contributed by atoms with Gasteiger partial charge in [-0.15, -0.1) is 0 Å². The molecule has 1 aliphatic heterocycles. The van der Waals surface area contributed by atoms with Crippen molar-refractivity contribution in [3.05, 3.63) is 0 Å². The van der Waals surface area contributed by atoms with Crippen LogP contribution in [0.5, 0.6) is 0 Å². The molecule has 0 spiro atoms. The van der Waals surface area contributed by atoms with Crippen LogP contribution in [0.3, 0.4) is 0 Å². The van der Waals surface area contributed by atoms with Gasteiger partial charge in [-0.25, -0.2) is 0 Å². The number of hydrogen-bond acceptors (Lipinski definition) is 2. The molecule has 0 radical (unpaired) electrons. The van der Waals surface area contributed by atoms with Gasteiger partial charge in [-0.2, -0.15) is 0 Å². The van der Waals surface area contributed by atoms with Gasteiger partial charge in [0.1, 0.15) is 0 Å². The Labute approximate surface area is 130 Å². The van der Waals surface area contributed by atoms with Gasteiger partial charge in [0.25, 0.3) is 0 Å². The molecular weight excluding hydrogens is 262 g/mol. The van der Waals surface area contributed by atoms with E-state index in [2.05, 4.69) is 17.1 Å². The van der Waals surface area contributed by atoms with E-state index in [9.17, 15) is 0 Å². The van der Waals surface area contributed by atoms with E-state index in [1.807, 2.05) is 6.92 Å². The van der Waals surface area contributed by atoms with Gasteiger partial charge in [0.05, 0.1) is 0 Å². The number of ether oxygens (including phenoxy) is 1. The number of likely N-dealkylation sites (tertiary alicyclic amines) is 1. The molecule has 0 aromatic carbocycles. The maximum Gasteiger partial charge on any atom is 0.193 e. The van der Waals surface area contributed by atoms with Crippen LogP contribution in [0, 0.1) is 11.8 Å². The predicted molar refractivity (Wildman–Crippen MR) is 88.7 cm³/mol. The summed E-state index contributed by atoms with van der Waals surface area (Å²) in [6.45, 7) is 10.2. The summed E-state index contributed by atoms with van der Waals surface area (Å²) < 4.78 is 5.38. The van der Waals surface area contributed by atoms with Crippen molar-refractivity contribution >= 4 is 5.96 Å². The predicted octanol–water partition coefficient (Wildman–Crippen LogP) is 2.89. The lowest BCUT2D eigenvalue weighted by molar-refractivity contribution is 0.144. The topological polar surface area (TPSA) is 36.9 Å². The minimum absolute atomic E-state index is 0.822. The zero-order chi connectivity index (χ0) is 14.9. The van der Waals surface area contributed by atoms with Crippen molar-refractivity contribution in [2.24, 2.45) is 16.8 Å². The lowest BCUT2D eigenvalue weighted by atomic mass is 9.82. The average molecular weight is 295 g/mol. The number of rotatable bonds is 7. The SMILES string of the molecule is CCNC(=NCCCCOCC)N1CC2CCCCC2C1. The van der Waals surface area contributed by atoms with Crippen LogP contribution in [0.2, 0.25) is 0 Å². The van der Waals surface area contributed by atoms with E-state index >= 15 is 0 Å². The molecule has 1 N–H and O–H groups in total. The van der Waals surface area contributed by atoms with Crippen molar-refractivity contribution in [3.63, 3.8) is 0 Å². The summed E-state index contributed by atoms with van der Waals surface area (Å²) in [6.07, 6.45) is 7.95. The molecule has 0 aromatic rings. The third-order valence-corrected chi connectivity index (χ3v) is 4.77. The number of fused-ring (bicyclic) bond motifs is 1. The highest BCUT2D eigenvalue weighted by Crippen LogP contribution is 2.35. The highest BCUT2D eigenvalue weighted by molar-refractivity contribution is 5.80. The van der Waals surface area contributed by atoms with Crippen LogP contribution in [-0.4, -0.2) is 50.3 Å². The fourth-order valence-corrected chi connectivity index (χ4v) is 3.65. The first kappa shape index (κ1) is 16.6. The largest absolute Gasteiger partial charge is 0.382 e. The lowest BCUT2D eigenvalue weighted by Gasteiger charge is -2.22. The molecule has 122 valence electrons. The van der Waals surface area contributed by atoms with Crippen LogP contribution in [0.4, 0.5) is 0 Å². The molecule has 21 heavy (non-hydrogen) atoms. The Morgan fingerprint density at radius 1 is 1.14 bits per heavy atom. The molecule has 1 heterocycles. The molecule has 0 amide bonds. The standard InChI is InChI=1S/C17H33N3O/c1-3-18-17(19-11-7-8-12-21-4-2)20-13-15-9-5-6-10-16(15)14-20/h15-16H,3-14H2,1-2H3,(H,18,19). The van der Waals surface area contributed by atoms with Crippen LogP contribution in [0.25, 0.3) is 0 Å². The van der Waals surface area contributed by atoms with Crippen molar-refractivity contribution in [1.29, 1.82) is 0 Å². The summed E-state index contributed by atoms with van der Waals surface area (Å²) in [5.41, 5.74) is 0. The molecule has 2 fully saturated rings. The van der Waals surface area contributed by atoms with Crippen LogP contribution < -0.4 is 5.32 Å². The number of hydrogen-bond donors (Lipinski definition) is 1. The first-order valence-electron chi connectivity index (χ1n) is 8.96. The smallest absolute Gasteiger partial charge is 0.193 e. The van der Waals surface area contributed by atoms with Gasteiger partial charge in [0.15, 0.2) is 5.96 Å². The van der Waals surface area contributed by atoms with Gasteiger partial charge in [0, 0.05) is 39.4 Å². The van der Waals surface area contributed by atoms with E-state index in [0.29, 0.717) is 0 Å². The second-order valence-electron chi connectivity index (χ2n) is 6.35. The van der Waals surface area contributed by atoms with E-state index in [0.717, 1.165) is 56.9 Å². The summed E-state index contributed by atoms with van der Waals surface area (Å²) in [6, 6.07) is 0. The first-order chi connectivity index (χ1) is 10.3. The number of unbranched alkanes of at least 4 members (excludes halogenated alkanes) is 1. The van der Waals surface area contributed by atoms with E-state index in [1.54, 1.807) is 0 Å². The molecule has 0 aromatic heterocycles. The Kier molecular flexibility index (Phi) is 7.34. The maximum atomic E-state index is 5.38. The molecule has 2 unspecified atom stereocenters. The van der Waals surface area contributed by atoms with Gasteiger partial charge < -0.3 is 15.0 Å². The van der Waals surface area contributed by atoms with Gasteiger partial charge in [0.2, 0.25) is 0 Å². The molecule has 1 aliphatic carbocycles. The summed E-state index contributed by atoms with van der Waals surface area (Å²) >= 11 is 0. The normalized spacial score (nSPS) is 26.0. The van der Waals surface area contributed by atoms with Gasteiger partial charge in [-0.3, -0.25) is 4.99 Å². The van der Waals surface area contributed by atoms with Crippen molar-refractivity contribution < 1.29 is 4.74 Å². The number of nitrogens with one attached hydrogen (secondary N) is 1. The minimum atomic E-state index is 0.822. The number of aliphatic imine (C=N–C) groups is 1. The fraction of sp³-hybridized carbons (Fsp3) is 0.941. The molecule has 4 nitrogen and oxygen atoms in total. The molecule has 2 atom stereocenters. The number of nitrogens with zero attached hydrogens (tertiary/aromatic N) is 2. The molecular formula is C17H33N3O. The van der Waals surface area contributed by atoms with E-state index in [-0.39, 0.29) is 0 Å². The highest BCUT2D eigenvalue weighted by atomic mass is 16.5. The third kappa shape index (κ3) is 5.17. The zero-order valence-electron chi connectivity index (χ0n) is 13.9. The quantitative estimate of drug-likeness (QED) is 0.446. The monoisotopic (exact) mass is 295 g/mol. The van der Waals surface area contributed by atoms with E-state index < -0.39 is 0 Å². The minimum Gasteiger partial charge on any atom is -0.382 e. The van der Waals surface area contributed by atoms with Crippen LogP contribution in [-0.2, 0) is 4.74 Å². The van der Waals surface area contributed by atoms with Crippen molar-refractivity contribution in [2.45, 2.75) is 52.4 Å². The third-order valence-electron chi connectivity index (χ3n) is 4.77.